The lowest BCUT2D eigenvalue weighted by Crippen LogP contribution is -2.15. The van der Waals surface area contributed by atoms with Gasteiger partial charge in [0.1, 0.15) is 5.52 Å². The van der Waals surface area contributed by atoms with Crippen molar-refractivity contribution in [3.63, 3.8) is 0 Å². The molecule has 100 valence electrons. The number of non-ortho nitro benzene ring substituents is 1. The minimum absolute atomic E-state index is 0.0295. The quantitative estimate of drug-likeness (QED) is 0.659. The Morgan fingerprint density at radius 1 is 1.47 bits per heavy atom. The van der Waals surface area contributed by atoms with Crippen LogP contribution in [0, 0.1) is 16.0 Å². The summed E-state index contributed by atoms with van der Waals surface area (Å²) in [6.07, 6.45) is 5.11. The standard InChI is InChI=1S/C13H15N3O3/c17-16(18)10-4-5-12-11(8-10)15-13(19-12)14-7-6-9-2-1-3-9/h4-5,8-9H,1-3,6-7H2,(H,14,15). The lowest BCUT2D eigenvalue weighted by molar-refractivity contribution is -0.384. The first-order valence-corrected chi connectivity index (χ1v) is 6.51. The van der Waals surface area contributed by atoms with Crippen LogP contribution < -0.4 is 5.32 Å². The molecule has 1 saturated carbocycles. The monoisotopic (exact) mass is 261 g/mol. The molecule has 1 N–H and O–H groups in total. The first-order chi connectivity index (χ1) is 9.22. The molecule has 0 atom stereocenters. The Labute approximate surface area is 110 Å². The molecule has 1 aliphatic rings. The van der Waals surface area contributed by atoms with E-state index in [-0.39, 0.29) is 5.69 Å². The van der Waals surface area contributed by atoms with Gasteiger partial charge in [-0.25, -0.2) is 0 Å². The van der Waals surface area contributed by atoms with Gasteiger partial charge in [-0.1, -0.05) is 19.3 Å². The smallest absolute Gasteiger partial charge is 0.295 e. The van der Waals surface area contributed by atoms with Crippen LogP contribution in [0.25, 0.3) is 11.1 Å². The Balaban J connectivity index is 1.68. The molecule has 0 bridgehead atoms. The topological polar surface area (TPSA) is 81.2 Å². The normalized spacial score (nSPS) is 15.4. The van der Waals surface area contributed by atoms with Crippen LogP contribution in [0.1, 0.15) is 25.7 Å². The molecule has 1 aromatic carbocycles. The number of aromatic nitrogens is 1. The molecular formula is C13H15N3O3. The van der Waals surface area contributed by atoms with Crippen molar-refractivity contribution in [1.82, 2.24) is 4.98 Å². The van der Waals surface area contributed by atoms with E-state index >= 15 is 0 Å². The van der Waals surface area contributed by atoms with Gasteiger partial charge in [-0.2, -0.15) is 4.98 Å². The summed E-state index contributed by atoms with van der Waals surface area (Å²) in [6.45, 7) is 0.833. The number of hydrogen-bond donors (Lipinski definition) is 1. The van der Waals surface area contributed by atoms with Gasteiger partial charge in [-0.3, -0.25) is 10.1 Å². The van der Waals surface area contributed by atoms with Crippen molar-refractivity contribution in [3.05, 3.63) is 28.3 Å². The number of fused-ring (bicyclic) bond motifs is 1. The molecule has 1 aliphatic carbocycles. The number of benzene rings is 1. The average Bonchev–Trinajstić information content (AvgIpc) is 2.73. The van der Waals surface area contributed by atoms with Gasteiger partial charge >= 0.3 is 0 Å². The van der Waals surface area contributed by atoms with Crippen molar-refractivity contribution >= 4 is 22.8 Å². The lowest BCUT2D eigenvalue weighted by Gasteiger charge is -2.24. The van der Waals surface area contributed by atoms with E-state index in [4.69, 9.17) is 4.42 Å². The van der Waals surface area contributed by atoms with Crippen LogP contribution in [0.15, 0.2) is 22.6 Å². The van der Waals surface area contributed by atoms with Crippen LogP contribution in [0.3, 0.4) is 0 Å². The summed E-state index contributed by atoms with van der Waals surface area (Å²) in [5.41, 5.74) is 1.11. The van der Waals surface area contributed by atoms with Crippen LogP contribution in [0.4, 0.5) is 11.7 Å². The molecule has 3 rings (SSSR count). The Kier molecular flexibility index (Phi) is 3.06. The lowest BCUT2D eigenvalue weighted by atomic mass is 9.83. The number of nitro groups is 1. The Morgan fingerprint density at radius 3 is 3.00 bits per heavy atom. The fraction of sp³-hybridized carbons (Fsp3) is 0.462. The summed E-state index contributed by atoms with van der Waals surface area (Å²) in [6, 6.07) is 4.87. The second-order valence-electron chi connectivity index (χ2n) is 4.94. The van der Waals surface area contributed by atoms with E-state index in [0.29, 0.717) is 17.1 Å². The van der Waals surface area contributed by atoms with E-state index < -0.39 is 4.92 Å². The van der Waals surface area contributed by atoms with Crippen LogP contribution in [-0.4, -0.2) is 16.5 Å². The number of nitrogens with zero attached hydrogens (tertiary/aromatic N) is 2. The number of rotatable bonds is 5. The molecule has 0 spiro atoms. The number of nitrogens with one attached hydrogen (secondary N) is 1. The van der Waals surface area contributed by atoms with Crippen molar-refractivity contribution in [3.8, 4) is 0 Å². The highest BCUT2D eigenvalue weighted by atomic mass is 16.6. The third kappa shape index (κ3) is 2.52. The number of anilines is 1. The maximum Gasteiger partial charge on any atom is 0.295 e. The summed E-state index contributed by atoms with van der Waals surface area (Å²) in [5.74, 6) is 0.831. The van der Waals surface area contributed by atoms with E-state index in [1.165, 1.54) is 31.4 Å². The third-order valence-electron chi connectivity index (χ3n) is 3.64. The van der Waals surface area contributed by atoms with Crippen molar-refractivity contribution < 1.29 is 9.34 Å². The minimum atomic E-state index is -0.433. The van der Waals surface area contributed by atoms with Crippen LogP contribution >= 0.6 is 0 Å². The van der Waals surface area contributed by atoms with Crippen molar-refractivity contribution in [1.29, 1.82) is 0 Å². The van der Waals surface area contributed by atoms with Crippen LogP contribution in [0.2, 0.25) is 0 Å². The molecule has 0 saturated heterocycles. The molecule has 0 aliphatic heterocycles. The molecule has 6 nitrogen and oxygen atoms in total. The van der Waals surface area contributed by atoms with E-state index in [0.717, 1.165) is 18.9 Å². The van der Waals surface area contributed by atoms with E-state index in [1.54, 1.807) is 6.07 Å². The molecule has 1 heterocycles. The molecule has 1 fully saturated rings. The first-order valence-electron chi connectivity index (χ1n) is 6.51. The van der Waals surface area contributed by atoms with Gasteiger partial charge in [-0.15, -0.1) is 0 Å². The SMILES string of the molecule is O=[N+]([O-])c1ccc2oc(NCCC3CCC3)nc2c1. The maximum absolute atomic E-state index is 10.7. The van der Waals surface area contributed by atoms with Gasteiger partial charge in [0.25, 0.3) is 11.7 Å². The van der Waals surface area contributed by atoms with Gasteiger partial charge in [0.2, 0.25) is 0 Å². The minimum Gasteiger partial charge on any atom is -0.424 e. The zero-order valence-electron chi connectivity index (χ0n) is 10.5. The second-order valence-corrected chi connectivity index (χ2v) is 4.94. The molecule has 0 radical (unpaired) electrons. The summed E-state index contributed by atoms with van der Waals surface area (Å²) < 4.78 is 5.49. The summed E-state index contributed by atoms with van der Waals surface area (Å²) >= 11 is 0. The highest BCUT2D eigenvalue weighted by molar-refractivity contribution is 5.77. The third-order valence-corrected chi connectivity index (χ3v) is 3.64. The predicted molar refractivity (Wildman–Crippen MR) is 71.1 cm³/mol. The number of oxazole rings is 1. The van der Waals surface area contributed by atoms with Crippen LogP contribution in [-0.2, 0) is 0 Å². The van der Waals surface area contributed by atoms with Crippen LogP contribution in [0.5, 0.6) is 0 Å². The number of nitro benzene ring substituents is 1. The fourth-order valence-electron chi connectivity index (χ4n) is 2.27. The van der Waals surface area contributed by atoms with Crippen molar-refractivity contribution in [2.45, 2.75) is 25.7 Å². The summed E-state index contributed by atoms with van der Waals surface area (Å²) in [7, 11) is 0. The Bertz CT molecular complexity index is 604. The zero-order valence-corrected chi connectivity index (χ0v) is 10.5. The number of hydrogen-bond acceptors (Lipinski definition) is 5. The predicted octanol–water partition coefficient (Wildman–Crippen LogP) is 3.34. The average molecular weight is 261 g/mol. The molecule has 6 heteroatoms. The highest BCUT2D eigenvalue weighted by Gasteiger charge is 2.17. The first kappa shape index (κ1) is 12.0. The molecule has 2 aromatic rings. The van der Waals surface area contributed by atoms with Gasteiger partial charge < -0.3 is 9.73 Å². The molecule has 1 aromatic heterocycles. The fourth-order valence-corrected chi connectivity index (χ4v) is 2.27. The molecular weight excluding hydrogens is 246 g/mol. The van der Waals surface area contributed by atoms with E-state index in [1.807, 2.05) is 0 Å². The van der Waals surface area contributed by atoms with Gasteiger partial charge in [0.15, 0.2) is 5.58 Å². The van der Waals surface area contributed by atoms with Crippen molar-refractivity contribution in [2.75, 3.05) is 11.9 Å². The summed E-state index contributed by atoms with van der Waals surface area (Å²) in [5, 5.41) is 13.8. The summed E-state index contributed by atoms with van der Waals surface area (Å²) in [4.78, 5) is 14.5. The Morgan fingerprint density at radius 2 is 2.32 bits per heavy atom. The second kappa shape index (κ2) is 4.87. The molecule has 19 heavy (non-hydrogen) atoms. The van der Waals surface area contributed by atoms with Gasteiger partial charge in [0.05, 0.1) is 4.92 Å². The van der Waals surface area contributed by atoms with E-state index in [2.05, 4.69) is 10.3 Å². The molecule has 0 unspecified atom stereocenters. The maximum atomic E-state index is 10.7. The van der Waals surface area contributed by atoms with Gasteiger partial charge in [-0.05, 0) is 18.4 Å². The Hall–Kier alpha value is -2.11. The van der Waals surface area contributed by atoms with Gasteiger partial charge in [0, 0.05) is 18.7 Å². The zero-order chi connectivity index (χ0) is 13.2. The van der Waals surface area contributed by atoms with Crippen molar-refractivity contribution in [2.24, 2.45) is 5.92 Å². The molecule has 0 amide bonds. The van der Waals surface area contributed by atoms with E-state index in [9.17, 15) is 10.1 Å². The highest BCUT2D eigenvalue weighted by Crippen LogP contribution is 2.29. The largest absolute Gasteiger partial charge is 0.424 e.